The Morgan fingerprint density at radius 2 is 2.00 bits per heavy atom. The average molecular weight is 266 g/mol. The third kappa shape index (κ3) is 3.05. The molecule has 98 valence electrons. The second-order valence-corrected chi connectivity index (χ2v) is 5.79. The zero-order chi connectivity index (χ0) is 13.1. The molecule has 0 amide bonds. The van der Waals surface area contributed by atoms with Gasteiger partial charge < -0.3 is 4.90 Å². The molecule has 1 fully saturated rings. The first-order chi connectivity index (χ1) is 8.58. The number of anilines is 1. The fraction of sp³-hybridized carbons (Fsp3) is 0.533. The summed E-state index contributed by atoms with van der Waals surface area (Å²) in [6.45, 7) is 6.22. The molecule has 18 heavy (non-hydrogen) atoms. The van der Waals surface area contributed by atoms with Crippen LogP contribution >= 0.6 is 11.6 Å². The van der Waals surface area contributed by atoms with Gasteiger partial charge in [0.25, 0.3) is 0 Å². The molecule has 0 unspecified atom stereocenters. The van der Waals surface area contributed by atoms with Crippen molar-refractivity contribution in [2.45, 2.75) is 33.1 Å². The molecule has 0 aliphatic carbocycles. The summed E-state index contributed by atoms with van der Waals surface area (Å²) in [5.74, 6) is 0.602. The lowest BCUT2D eigenvalue weighted by molar-refractivity contribution is 0.0968. The molecule has 1 heterocycles. The van der Waals surface area contributed by atoms with Crippen LogP contribution in [0.25, 0.3) is 0 Å². The summed E-state index contributed by atoms with van der Waals surface area (Å²) >= 11 is 6.23. The molecule has 0 bridgehead atoms. The number of ketones is 1. The van der Waals surface area contributed by atoms with E-state index < -0.39 is 0 Å². The van der Waals surface area contributed by atoms with Crippen molar-refractivity contribution in [1.29, 1.82) is 0 Å². The van der Waals surface area contributed by atoms with E-state index in [-0.39, 0.29) is 5.78 Å². The van der Waals surface area contributed by atoms with E-state index in [9.17, 15) is 4.79 Å². The van der Waals surface area contributed by atoms with Crippen molar-refractivity contribution in [3.05, 3.63) is 28.8 Å². The smallest absolute Gasteiger partial charge is 0.163 e. The van der Waals surface area contributed by atoms with Crippen LogP contribution < -0.4 is 4.90 Å². The van der Waals surface area contributed by atoms with Crippen LogP contribution in [0.15, 0.2) is 18.2 Å². The molecule has 1 aliphatic heterocycles. The van der Waals surface area contributed by atoms with Crippen LogP contribution in [-0.4, -0.2) is 18.9 Å². The van der Waals surface area contributed by atoms with Gasteiger partial charge in [0, 0.05) is 25.1 Å². The first kappa shape index (κ1) is 13.4. The molecule has 2 rings (SSSR count). The number of halogens is 1. The van der Waals surface area contributed by atoms with Gasteiger partial charge in [0.2, 0.25) is 0 Å². The molecular formula is C15H20ClNO. The van der Waals surface area contributed by atoms with Crippen molar-refractivity contribution in [3.8, 4) is 0 Å². The Bertz CT molecular complexity index is 436. The zero-order valence-electron chi connectivity index (χ0n) is 11.1. The summed E-state index contributed by atoms with van der Waals surface area (Å²) in [5, 5.41) is 0.748. The van der Waals surface area contributed by atoms with Crippen LogP contribution in [0.1, 0.15) is 43.5 Å². The molecule has 0 saturated carbocycles. The standard InChI is InChI=1S/C15H20ClNO/c1-11(2)9-15(18)12-5-6-13(16)14(10-12)17-7-3-4-8-17/h5-6,10-11H,3-4,7-9H2,1-2H3. The van der Waals surface area contributed by atoms with Crippen molar-refractivity contribution in [1.82, 2.24) is 0 Å². The monoisotopic (exact) mass is 265 g/mol. The minimum absolute atomic E-state index is 0.210. The summed E-state index contributed by atoms with van der Waals surface area (Å²) in [4.78, 5) is 14.3. The van der Waals surface area contributed by atoms with Crippen molar-refractivity contribution < 1.29 is 4.79 Å². The first-order valence-corrected chi connectivity index (χ1v) is 7.03. The molecule has 3 heteroatoms. The third-order valence-electron chi connectivity index (χ3n) is 3.31. The lowest BCUT2D eigenvalue weighted by Crippen LogP contribution is -2.18. The largest absolute Gasteiger partial charge is 0.370 e. The zero-order valence-corrected chi connectivity index (χ0v) is 11.8. The topological polar surface area (TPSA) is 20.3 Å². The van der Waals surface area contributed by atoms with Crippen LogP contribution in [0, 0.1) is 5.92 Å². The molecule has 0 spiro atoms. The molecule has 1 aromatic carbocycles. The highest BCUT2D eigenvalue weighted by Gasteiger charge is 2.17. The van der Waals surface area contributed by atoms with Crippen LogP contribution in [0.2, 0.25) is 5.02 Å². The van der Waals surface area contributed by atoms with E-state index in [2.05, 4.69) is 18.7 Å². The molecule has 0 aromatic heterocycles. The minimum atomic E-state index is 0.210. The fourth-order valence-electron chi connectivity index (χ4n) is 2.38. The second kappa shape index (κ2) is 5.75. The predicted molar refractivity (Wildman–Crippen MR) is 76.7 cm³/mol. The van der Waals surface area contributed by atoms with Gasteiger partial charge in [0.05, 0.1) is 10.7 Å². The molecule has 0 radical (unpaired) electrons. The summed E-state index contributed by atoms with van der Waals surface area (Å²) in [6, 6.07) is 5.65. The number of hydrogen-bond donors (Lipinski definition) is 0. The number of carbonyl (C=O) groups is 1. The van der Waals surface area contributed by atoms with Crippen LogP contribution in [0.5, 0.6) is 0 Å². The summed E-state index contributed by atoms with van der Waals surface area (Å²) in [5.41, 5.74) is 1.80. The lowest BCUT2D eigenvalue weighted by atomic mass is 10.0. The quantitative estimate of drug-likeness (QED) is 0.762. The van der Waals surface area contributed by atoms with Gasteiger partial charge >= 0.3 is 0 Å². The van der Waals surface area contributed by atoms with Crippen LogP contribution in [0.3, 0.4) is 0 Å². The summed E-state index contributed by atoms with van der Waals surface area (Å²) in [7, 11) is 0. The second-order valence-electron chi connectivity index (χ2n) is 5.38. The number of benzene rings is 1. The Morgan fingerprint density at radius 1 is 1.33 bits per heavy atom. The Labute approximate surface area is 114 Å². The van der Waals surface area contributed by atoms with Gasteiger partial charge in [0.15, 0.2) is 5.78 Å². The van der Waals surface area contributed by atoms with E-state index in [1.54, 1.807) is 0 Å². The molecular weight excluding hydrogens is 246 g/mol. The summed E-state index contributed by atoms with van der Waals surface area (Å²) in [6.07, 6.45) is 3.02. The molecule has 1 saturated heterocycles. The summed E-state index contributed by atoms with van der Waals surface area (Å²) < 4.78 is 0. The maximum absolute atomic E-state index is 12.1. The van der Waals surface area contributed by atoms with E-state index in [0.29, 0.717) is 12.3 Å². The Morgan fingerprint density at radius 3 is 2.61 bits per heavy atom. The maximum atomic E-state index is 12.1. The number of hydrogen-bond acceptors (Lipinski definition) is 2. The molecule has 2 nitrogen and oxygen atoms in total. The van der Waals surface area contributed by atoms with E-state index in [1.807, 2.05) is 18.2 Å². The first-order valence-electron chi connectivity index (χ1n) is 6.65. The number of rotatable bonds is 4. The Hall–Kier alpha value is -1.02. The molecule has 1 aliphatic rings. The molecule has 0 atom stereocenters. The number of carbonyl (C=O) groups excluding carboxylic acids is 1. The van der Waals surface area contributed by atoms with E-state index in [0.717, 1.165) is 29.4 Å². The fourth-order valence-corrected chi connectivity index (χ4v) is 2.61. The van der Waals surface area contributed by atoms with E-state index in [1.165, 1.54) is 12.8 Å². The van der Waals surface area contributed by atoms with Gasteiger partial charge in [-0.05, 0) is 37.0 Å². The van der Waals surface area contributed by atoms with Crippen molar-refractivity contribution in [2.75, 3.05) is 18.0 Å². The lowest BCUT2D eigenvalue weighted by Gasteiger charge is -2.20. The van der Waals surface area contributed by atoms with E-state index >= 15 is 0 Å². The van der Waals surface area contributed by atoms with Gasteiger partial charge in [-0.15, -0.1) is 0 Å². The van der Waals surface area contributed by atoms with Crippen molar-refractivity contribution in [3.63, 3.8) is 0 Å². The molecule has 1 aromatic rings. The molecule has 0 N–H and O–H groups in total. The SMILES string of the molecule is CC(C)CC(=O)c1ccc(Cl)c(N2CCCC2)c1. The number of nitrogens with zero attached hydrogens (tertiary/aromatic N) is 1. The van der Waals surface area contributed by atoms with E-state index in [4.69, 9.17) is 11.6 Å². The number of Topliss-reactive ketones (excluding diaryl/α,β-unsaturated/α-hetero) is 1. The Kier molecular flexibility index (Phi) is 4.28. The maximum Gasteiger partial charge on any atom is 0.163 e. The van der Waals surface area contributed by atoms with Gasteiger partial charge in [-0.2, -0.15) is 0 Å². The average Bonchev–Trinajstić information content (AvgIpc) is 2.82. The van der Waals surface area contributed by atoms with Gasteiger partial charge in [-0.3, -0.25) is 4.79 Å². The van der Waals surface area contributed by atoms with Crippen LogP contribution in [0.4, 0.5) is 5.69 Å². The van der Waals surface area contributed by atoms with Gasteiger partial charge in [-0.1, -0.05) is 25.4 Å². The third-order valence-corrected chi connectivity index (χ3v) is 3.63. The van der Waals surface area contributed by atoms with Gasteiger partial charge in [0.1, 0.15) is 0 Å². The normalized spacial score (nSPS) is 15.4. The van der Waals surface area contributed by atoms with Crippen LogP contribution in [-0.2, 0) is 0 Å². The van der Waals surface area contributed by atoms with Crippen molar-refractivity contribution in [2.24, 2.45) is 5.92 Å². The highest BCUT2D eigenvalue weighted by molar-refractivity contribution is 6.33. The minimum Gasteiger partial charge on any atom is -0.370 e. The van der Waals surface area contributed by atoms with Gasteiger partial charge in [-0.25, -0.2) is 0 Å². The Balaban J connectivity index is 2.22. The van der Waals surface area contributed by atoms with Crippen molar-refractivity contribution >= 4 is 23.1 Å². The highest BCUT2D eigenvalue weighted by Crippen LogP contribution is 2.30. The predicted octanol–water partition coefficient (Wildman–Crippen LogP) is 4.17. The highest BCUT2D eigenvalue weighted by atomic mass is 35.5.